The number of urea groups is 1. The third-order valence-electron chi connectivity index (χ3n) is 4.06. The predicted molar refractivity (Wildman–Crippen MR) is 103 cm³/mol. The number of benzene rings is 1. The maximum Gasteiger partial charge on any atom is 0.318 e. The highest BCUT2D eigenvalue weighted by Gasteiger charge is 2.15. The number of carbonyl (C=O) groups excluding carboxylic acids is 2. The molecule has 1 heterocycles. The van der Waals surface area contributed by atoms with Gasteiger partial charge >= 0.3 is 6.03 Å². The van der Waals surface area contributed by atoms with Crippen LogP contribution in [-0.4, -0.2) is 54.5 Å². The van der Waals surface area contributed by atoms with Crippen LogP contribution in [0.25, 0.3) is 0 Å². The minimum Gasteiger partial charge on any atom is -0.497 e. The van der Waals surface area contributed by atoms with Crippen molar-refractivity contribution >= 4 is 11.9 Å². The third kappa shape index (κ3) is 6.62. The Morgan fingerprint density at radius 3 is 2.15 bits per heavy atom. The molecule has 0 saturated heterocycles. The van der Waals surface area contributed by atoms with E-state index in [9.17, 15) is 9.59 Å². The van der Waals surface area contributed by atoms with Crippen LogP contribution in [-0.2, 0) is 17.9 Å². The van der Waals surface area contributed by atoms with Crippen LogP contribution in [0.4, 0.5) is 4.79 Å². The maximum absolute atomic E-state index is 12.7. The van der Waals surface area contributed by atoms with Gasteiger partial charge in [-0.05, 0) is 35.4 Å². The van der Waals surface area contributed by atoms with Crippen molar-refractivity contribution in [2.45, 2.75) is 19.5 Å². The number of hydrogen-bond donors (Lipinski definition) is 1. The highest BCUT2D eigenvalue weighted by Crippen LogP contribution is 2.14. The number of nitrogens with one attached hydrogen (secondary N) is 1. The lowest BCUT2D eigenvalue weighted by atomic mass is 10.2. The number of ether oxygens (including phenoxy) is 1. The van der Waals surface area contributed by atoms with E-state index in [-0.39, 0.29) is 18.4 Å². The molecule has 0 aliphatic rings. The quantitative estimate of drug-likeness (QED) is 0.774. The van der Waals surface area contributed by atoms with Crippen LogP contribution in [0.5, 0.6) is 5.75 Å². The highest BCUT2D eigenvalue weighted by atomic mass is 16.5. The highest BCUT2D eigenvalue weighted by molar-refractivity contribution is 5.78. The third-order valence-corrected chi connectivity index (χ3v) is 4.06. The summed E-state index contributed by atoms with van der Waals surface area (Å²) in [6.45, 7) is 1.19. The van der Waals surface area contributed by atoms with Gasteiger partial charge in [0.2, 0.25) is 5.91 Å². The molecule has 0 bridgehead atoms. The fourth-order valence-corrected chi connectivity index (χ4v) is 2.47. The Labute approximate surface area is 159 Å². The van der Waals surface area contributed by atoms with Crippen molar-refractivity contribution in [3.8, 4) is 5.75 Å². The molecule has 0 aliphatic heterocycles. The summed E-state index contributed by atoms with van der Waals surface area (Å²) in [7, 11) is 5.01. The summed E-state index contributed by atoms with van der Waals surface area (Å²) in [4.78, 5) is 31.6. The molecule has 0 atom stereocenters. The molecule has 144 valence electrons. The summed E-state index contributed by atoms with van der Waals surface area (Å²) in [6.07, 6.45) is 3.67. The van der Waals surface area contributed by atoms with Crippen LogP contribution in [0.3, 0.4) is 0 Å². The lowest BCUT2D eigenvalue weighted by molar-refractivity contribution is -0.128. The first kappa shape index (κ1) is 20.2. The summed E-state index contributed by atoms with van der Waals surface area (Å²) < 4.78 is 5.18. The van der Waals surface area contributed by atoms with Crippen molar-refractivity contribution in [1.29, 1.82) is 0 Å². The van der Waals surface area contributed by atoms with Crippen LogP contribution >= 0.6 is 0 Å². The number of methoxy groups -OCH3 is 1. The minimum atomic E-state index is -0.214. The fraction of sp³-hybridized carbons (Fsp3) is 0.350. The van der Waals surface area contributed by atoms with E-state index in [1.54, 1.807) is 38.5 Å². The molecule has 0 unspecified atom stereocenters. The zero-order valence-electron chi connectivity index (χ0n) is 16.0. The lowest BCUT2D eigenvalue weighted by Gasteiger charge is -2.23. The number of hydrogen-bond acceptors (Lipinski definition) is 4. The van der Waals surface area contributed by atoms with E-state index in [0.717, 1.165) is 16.9 Å². The summed E-state index contributed by atoms with van der Waals surface area (Å²) in [5.74, 6) is 0.747. The van der Waals surface area contributed by atoms with Gasteiger partial charge in [-0.3, -0.25) is 9.78 Å². The van der Waals surface area contributed by atoms with Gasteiger partial charge in [-0.2, -0.15) is 0 Å². The summed E-state index contributed by atoms with van der Waals surface area (Å²) in [5, 5.41) is 2.83. The fourth-order valence-electron chi connectivity index (χ4n) is 2.47. The molecule has 1 aromatic heterocycles. The van der Waals surface area contributed by atoms with Crippen molar-refractivity contribution in [3.63, 3.8) is 0 Å². The molecule has 1 aromatic carbocycles. The Bertz CT molecular complexity index is 733. The number of aromatic nitrogens is 1. The Kier molecular flexibility index (Phi) is 7.61. The monoisotopic (exact) mass is 370 g/mol. The molecule has 7 heteroatoms. The lowest BCUT2D eigenvalue weighted by Crippen LogP contribution is -2.40. The predicted octanol–water partition coefficient (Wildman–Crippen LogP) is 2.28. The van der Waals surface area contributed by atoms with Crippen molar-refractivity contribution < 1.29 is 14.3 Å². The normalized spacial score (nSPS) is 10.2. The first-order chi connectivity index (χ1) is 13.0. The first-order valence-electron chi connectivity index (χ1n) is 8.74. The number of carbonyl (C=O) groups is 2. The van der Waals surface area contributed by atoms with Crippen LogP contribution in [0.2, 0.25) is 0 Å². The van der Waals surface area contributed by atoms with Gasteiger partial charge in [0.1, 0.15) is 5.75 Å². The second-order valence-corrected chi connectivity index (χ2v) is 6.33. The molecule has 27 heavy (non-hydrogen) atoms. The Morgan fingerprint density at radius 1 is 1.00 bits per heavy atom. The van der Waals surface area contributed by atoms with Crippen LogP contribution < -0.4 is 10.1 Å². The molecule has 2 rings (SSSR count). The molecule has 0 spiro atoms. The van der Waals surface area contributed by atoms with E-state index < -0.39 is 0 Å². The average molecular weight is 370 g/mol. The number of rotatable bonds is 8. The second-order valence-electron chi connectivity index (χ2n) is 6.33. The van der Waals surface area contributed by atoms with Crippen LogP contribution in [0, 0.1) is 0 Å². The van der Waals surface area contributed by atoms with E-state index in [4.69, 9.17) is 4.74 Å². The van der Waals surface area contributed by atoms with E-state index >= 15 is 0 Å². The molecule has 0 aliphatic carbocycles. The molecule has 1 N–H and O–H groups in total. The Hall–Kier alpha value is -3.09. The zero-order valence-corrected chi connectivity index (χ0v) is 16.0. The van der Waals surface area contributed by atoms with Gasteiger partial charge in [0.15, 0.2) is 0 Å². The molecule has 3 amide bonds. The molecular weight excluding hydrogens is 344 g/mol. The van der Waals surface area contributed by atoms with E-state index in [0.29, 0.717) is 19.6 Å². The number of pyridine rings is 1. The second kappa shape index (κ2) is 10.2. The van der Waals surface area contributed by atoms with E-state index in [1.807, 2.05) is 36.4 Å². The summed E-state index contributed by atoms with van der Waals surface area (Å²) in [6, 6.07) is 11.1. The van der Waals surface area contributed by atoms with Gasteiger partial charge in [-0.15, -0.1) is 0 Å². The van der Waals surface area contributed by atoms with Gasteiger partial charge in [-0.1, -0.05) is 12.1 Å². The van der Waals surface area contributed by atoms with Gasteiger partial charge < -0.3 is 19.9 Å². The number of nitrogens with zero attached hydrogens (tertiary/aromatic N) is 3. The first-order valence-corrected chi connectivity index (χ1v) is 8.74. The topological polar surface area (TPSA) is 74.8 Å². The molecule has 7 nitrogen and oxygen atoms in total. The Balaban J connectivity index is 2.03. The average Bonchev–Trinajstić information content (AvgIpc) is 2.68. The smallest absolute Gasteiger partial charge is 0.318 e. The maximum atomic E-state index is 12.7. The van der Waals surface area contributed by atoms with E-state index in [1.165, 1.54) is 4.90 Å². The Morgan fingerprint density at radius 2 is 1.59 bits per heavy atom. The zero-order chi connectivity index (χ0) is 19.6. The van der Waals surface area contributed by atoms with Gasteiger partial charge in [0.25, 0.3) is 0 Å². The molecule has 0 saturated carbocycles. The minimum absolute atomic E-state index is 0.0221. The molecule has 0 radical (unpaired) electrons. The van der Waals surface area contributed by atoms with Crippen molar-refractivity contribution in [2.24, 2.45) is 0 Å². The molecular formula is C20H26N4O3. The van der Waals surface area contributed by atoms with Crippen molar-refractivity contribution in [2.75, 3.05) is 27.7 Å². The molecule has 2 aromatic rings. The van der Waals surface area contributed by atoms with E-state index in [2.05, 4.69) is 10.3 Å². The standard InChI is InChI=1S/C20H26N4O3/c1-23(2)19(25)10-13-22-20(26)24(15-17-8-11-21-12-9-17)14-16-4-6-18(27-3)7-5-16/h4-9,11-12H,10,13-15H2,1-3H3,(H,22,26). The SMILES string of the molecule is COc1ccc(CN(Cc2ccncc2)C(=O)NCCC(=O)N(C)C)cc1. The molecule has 0 fully saturated rings. The number of amides is 3. The van der Waals surface area contributed by atoms with Crippen molar-refractivity contribution in [3.05, 3.63) is 59.9 Å². The summed E-state index contributed by atoms with van der Waals surface area (Å²) in [5.41, 5.74) is 1.97. The van der Waals surface area contributed by atoms with Gasteiger partial charge in [0.05, 0.1) is 7.11 Å². The van der Waals surface area contributed by atoms with Crippen LogP contribution in [0.1, 0.15) is 17.5 Å². The van der Waals surface area contributed by atoms with Crippen LogP contribution in [0.15, 0.2) is 48.8 Å². The van der Waals surface area contributed by atoms with Gasteiger partial charge in [-0.25, -0.2) is 4.79 Å². The van der Waals surface area contributed by atoms with Crippen molar-refractivity contribution in [1.82, 2.24) is 20.1 Å². The summed E-state index contributed by atoms with van der Waals surface area (Å²) >= 11 is 0. The van der Waals surface area contributed by atoms with Gasteiger partial charge in [0, 0.05) is 52.5 Å². The largest absolute Gasteiger partial charge is 0.497 e.